The van der Waals surface area contributed by atoms with E-state index in [1.54, 1.807) is 18.3 Å². The molecule has 0 saturated carbocycles. The molecule has 3 atom stereocenters. The lowest BCUT2D eigenvalue weighted by Gasteiger charge is -2.34. The maximum atomic E-state index is 12.2. The summed E-state index contributed by atoms with van der Waals surface area (Å²) >= 11 is 0. The van der Waals surface area contributed by atoms with Gasteiger partial charge < -0.3 is 20.3 Å². The molecule has 1 aliphatic rings. The van der Waals surface area contributed by atoms with E-state index < -0.39 is 18.2 Å². The van der Waals surface area contributed by atoms with Gasteiger partial charge in [-0.15, -0.1) is 0 Å². The molecule has 2 aromatic rings. The first-order chi connectivity index (χ1) is 10.2. The summed E-state index contributed by atoms with van der Waals surface area (Å²) in [5.74, 6) is -0.380. The summed E-state index contributed by atoms with van der Waals surface area (Å²) in [6.45, 7) is 0.0894. The molecule has 1 amide bonds. The molecule has 3 heterocycles. The van der Waals surface area contributed by atoms with Crippen LogP contribution in [0.5, 0.6) is 0 Å². The maximum absolute atomic E-state index is 12.2. The van der Waals surface area contributed by atoms with E-state index in [-0.39, 0.29) is 18.2 Å². The molecule has 1 aliphatic heterocycles. The second kappa shape index (κ2) is 5.76. The van der Waals surface area contributed by atoms with E-state index in [9.17, 15) is 9.90 Å². The summed E-state index contributed by atoms with van der Waals surface area (Å²) in [7, 11) is 0. The molecule has 1 fully saturated rings. The number of nitrogens with zero attached hydrogens (tertiary/aromatic N) is 2. The summed E-state index contributed by atoms with van der Waals surface area (Å²) in [5, 5.41) is 29.2. The van der Waals surface area contributed by atoms with Gasteiger partial charge in [0.2, 0.25) is 0 Å². The molecule has 0 unspecified atom stereocenters. The number of aromatic amines is 1. The highest BCUT2D eigenvalue weighted by atomic mass is 16.5. The lowest BCUT2D eigenvalue weighted by Crippen LogP contribution is -2.54. The highest BCUT2D eigenvalue weighted by Gasteiger charge is 2.33. The van der Waals surface area contributed by atoms with Crippen molar-refractivity contribution in [3.8, 4) is 0 Å². The minimum atomic E-state index is -0.941. The van der Waals surface area contributed by atoms with E-state index >= 15 is 0 Å². The number of hydrogen-bond donors (Lipinski definition) is 4. The van der Waals surface area contributed by atoms with Gasteiger partial charge in [-0.05, 0) is 18.6 Å². The highest BCUT2D eigenvalue weighted by Crippen LogP contribution is 2.15. The first-order valence-electron chi connectivity index (χ1n) is 6.70. The summed E-state index contributed by atoms with van der Waals surface area (Å²) in [5.41, 5.74) is 0.773. The number of amides is 1. The van der Waals surface area contributed by atoms with Gasteiger partial charge in [0.1, 0.15) is 17.9 Å². The first kappa shape index (κ1) is 13.9. The van der Waals surface area contributed by atoms with Crippen LogP contribution in [0.4, 0.5) is 0 Å². The molecule has 4 N–H and O–H groups in total. The standard InChI is InChI=1S/C13H16N4O4/c18-6-10-11(19)8(3-4-21-10)16-13(20)9-2-1-7-5-14-17-12(7)15-9/h1-2,5,8,10-11,18-19H,3-4,6H2,(H,16,20)(H,14,15,17)/t8-,10+,11-/m0/s1. The van der Waals surface area contributed by atoms with Gasteiger partial charge in [0, 0.05) is 12.0 Å². The van der Waals surface area contributed by atoms with Gasteiger partial charge in [0.25, 0.3) is 5.91 Å². The second-order valence-corrected chi connectivity index (χ2v) is 4.96. The van der Waals surface area contributed by atoms with E-state index in [1.165, 1.54) is 0 Å². The zero-order valence-corrected chi connectivity index (χ0v) is 11.2. The van der Waals surface area contributed by atoms with Crippen LogP contribution in [-0.4, -0.2) is 62.8 Å². The van der Waals surface area contributed by atoms with Gasteiger partial charge in [-0.1, -0.05) is 0 Å². The molecule has 112 valence electrons. The van der Waals surface area contributed by atoms with E-state index in [4.69, 9.17) is 9.84 Å². The monoisotopic (exact) mass is 292 g/mol. The Labute approximate surface area is 120 Å². The number of rotatable bonds is 3. The average Bonchev–Trinajstić information content (AvgIpc) is 2.96. The number of pyridine rings is 1. The minimum Gasteiger partial charge on any atom is -0.394 e. The van der Waals surface area contributed by atoms with Crippen LogP contribution < -0.4 is 5.32 Å². The van der Waals surface area contributed by atoms with Crippen molar-refractivity contribution >= 4 is 16.9 Å². The molecular formula is C13H16N4O4. The summed E-state index contributed by atoms with van der Waals surface area (Å²) < 4.78 is 5.22. The molecule has 0 spiro atoms. The fraction of sp³-hybridized carbons (Fsp3) is 0.462. The summed E-state index contributed by atoms with van der Waals surface area (Å²) in [6.07, 6.45) is 0.490. The van der Waals surface area contributed by atoms with E-state index in [0.717, 1.165) is 5.39 Å². The van der Waals surface area contributed by atoms with Crippen molar-refractivity contribution in [2.75, 3.05) is 13.2 Å². The van der Waals surface area contributed by atoms with Crippen molar-refractivity contribution in [2.24, 2.45) is 0 Å². The Balaban J connectivity index is 1.73. The highest BCUT2D eigenvalue weighted by molar-refractivity contribution is 5.94. The van der Waals surface area contributed by atoms with Crippen LogP contribution in [0.25, 0.3) is 11.0 Å². The molecular weight excluding hydrogens is 276 g/mol. The number of aromatic nitrogens is 3. The Hall–Kier alpha value is -2.03. The van der Waals surface area contributed by atoms with Gasteiger partial charge in [-0.3, -0.25) is 9.89 Å². The van der Waals surface area contributed by atoms with E-state index in [2.05, 4.69) is 20.5 Å². The van der Waals surface area contributed by atoms with Crippen LogP contribution in [0, 0.1) is 0 Å². The van der Waals surface area contributed by atoms with Crippen LogP contribution in [0.2, 0.25) is 0 Å². The number of H-pyrrole nitrogens is 1. The number of ether oxygens (including phenoxy) is 1. The van der Waals surface area contributed by atoms with Crippen molar-refractivity contribution in [1.82, 2.24) is 20.5 Å². The quantitative estimate of drug-likeness (QED) is 0.588. The maximum Gasteiger partial charge on any atom is 0.270 e. The van der Waals surface area contributed by atoms with Crippen LogP contribution >= 0.6 is 0 Å². The van der Waals surface area contributed by atoms with Gasteiger partial charge in [-0.25, -0.2) is 4.98 Å². The normalized spacial score (nSPS) is 25.9. The predicted molar refractivity (Wildman–Crippen MR) is 72.6 cm³/mol. The van der Waals surface area contributed by atoms with Crippen molar-refractivity contribution in [1.29, 1.82) is 0 Å². The molecule has 1 saturated heterocycles. The Kier molecular flexibility index (Phi) is 3.82. The van der Waals surface area contributed by atoms with Crippen molar-refractivity contribution in [3.63, 3.8) is 0 Å². The largest absolute Gasteiger partial charge is 0.394 e. The summed E-state index contributed by atoms with van der Waals surface area (Å²) in [6, 6.07) is 2.88. The summed E-state index contributed by atoms with van der Waals surface area (Å²) in [4.78, 5) is 16.4. The average molecular weight is 292 g/mol. The Morgan fingerprint density at radius 1 is 1.52 bits per heavy atom. The second-order valence-electron chi connectivity index (χ2n) is 4.96. The molecule has 8 nitrogen and oxygen atoms in total. The third-order valence-electron chi connectivity index (χ3n) is 3.58. The number of carbonyl (C=O) groups is 1. The van der Waals surface area contributed by atoms with Crippen molar-refractivity contribution in [3.05, 3.63) is 24.0 Å². The van der Waals surface area contributed by atoms with E-state index in [0.29, 0.717) is 18.7 Å². The van der Waals surface area contributed by atoms with Gasteiger partial charge >= 0.3 is 0 Å². The molecule has 0 bridgehead atoms. The third-order valence-corrected chi connectivity index (χ3v) is 3.58. The molecule has 8 heteroatoms. The topological polar surface area (TPSA) is 120 Å². The Bertz CT molecular complexity index is 644. The van der Waals surface area contributed by atoms with Crippen LogP contribution in [-0.2, 0) is 4.74 Å². The molecule has 2 aromatic heterocycles. The third kappa shape index (κ3) is 2.73. The van der Waals surface area contributed by atoms with Gasteiger partial charge in [-0.2, -0.15) is 5.10 Å². The fourth-order valence-electron chi connectivity index (χ4n) is 2.39. The van der Waals surface area contributed by atoms with Crippen molar-refractivity contribution in [2.45, 2.75) is 24.7 Å². The van der Waals surface area contributed by atoms with E-state index in [1.807, 2.05) is 0 Å². The van der Waals surface area contributed by atoms with Crippen LogP contribution in [0.1, 0.15) is 16.9 Å². The predicted octanol–water partition coefficient (Wildman–Crippen LogP) is -0.802. The van der Waals surface area contributed by atoms with Crippen LogP contribution in [0.3, 0.4) is 0 Å². The van der Waals surface area contributed by atoms with Crippen molar-refractivity contribution < 1.29 is 19.7 Å². The number of aliphatic hydroxyl groups excluding tert-OH is 2. The number of fused-ring (bicyclic) bond motifs is 1. The first-order valence-corrected chi connectivity index (χ1v) is 6.70. The number of carbonyl (C=O) groups excluding carboxylic acids is 1. The SMILES string of the molecule is O=C(N[C@H]1CCO[C@H](CO)[C@H]1O)c1ccc2cn[nH]c2n1. The van der Waals surface area contributed by atoms with Gasteiger partial charge in [0.05, 0.1) is 18.8 Å². The number of aliphatic hydroxyl groups is 2. The smallest absolute Gasteiger partial charge is 0.270 e. The zero-order valence-electron chi connectivity index (χ0n) is 11.2. The molecule has 0 radical (unpaired) electrons. The molecule has 3 rings (SSSR count). The zero-order chi connectivity index (χ0) is 14.8. The number of hydrogen-bond acceptors (Lipinski definition) is 6. The molecule has 0 aliphatic carbocycles. The number of nitrogens with one attached hydrogen (secondary N) is 2. The lowest BCUT2D eigenvalue weighted by molar-refractivity contribution is -0.107. The molecule has 0 aromatic carbocycles. The Morgan fingerprint density at radius 3 is 3.19 bits per heavy atom. The Morgan fingerprint density at radius 2 is 2.38 bits per heavy atom. The lowest BCUT2D eigenvalue weighted by atomic mass is 10.00. The van der Waals surface area contributed by atoms with Crippen LogP contribution in [0.15, 0.2) is 18.3 Å². The minimum absolute atomic E-state index is 0.242. The molecule has 21 heavy (non-hydrogen) atoms. The van der Waals surface area contributed by atoms with Gasteiger partial charge in [0.15, 0.2) is 5.65 Å². The fourth-order valence-corrected chi connectivity index (χ4v) is 2.39.